The predicted molar refractivity (Wildman–Crippen MR) is 86.7 cm³/mol. The second kappa shape index (κ2) is 6.70. The predicted octanol–water partition coefficient (Wildman–Crippen LogP) is 2.95. The summed E-state index contributed by atoms with van der Waals surface area (Å²) in [4.78, 5) is 21.6. The second-order valence-corrected chi connectivity index (χ2v) is 6.03. The number of amides is 1. The van der Waals surface area contributed by atoms with Crippen molar-refractivity contribution < 1.29 is 18.0 Å². The number of likely N-dealkylation sites (tertiary alicyclic amines) is 1. The van der Waals surface area contributed by atoms with Gasteiger partial charge < -0.3 is 10.2 Å². The van der Waals surface area contributed by atoms with Crippen LogP contribution in [0.25, 0.3) is 11.3 Å². The Morgan fingerprint density at radius 1 is 1.28 bits per heavy atom. The van der Waals surface area contributed by atoms with Gasteiger partial charge in [-0.2, -0.15) is 0 Å². The number of hydrogen-bond acceptors (Lipinski definition) is 4. The standard InChI is InChI=1S/C17H17F3N4O/c1-11(16(25)24-7-6-17(19,20)9-24)23-15-8-14(21-10-22-15)12-2-4-13(18)5-3-12/h2-5,8,10-11H,6-7,9H2,1H3,(H,21,22,23)/t11-/m1/s1. The maximum atomic E-state index is 13.3. The lowest BCUT2D eigenvalue weighted by atomic mass is 10.1. The molecule has 1 aromatic carbocycles. The zero-order chi connectivity index (χ0) is 18.0. The van der Waals surface area contributed by atoms with Crippen LogP contribution in [0.3, 0.4) is 0 Å². The van der Waals surface area contributed by atoms with Gasteiger partial charge in [-0.1, -0.05) is 0 Å². The summed E-state index contributed by atoms with van der Waals surface area (Å²) in [6.07, 6.45) is 1.01. The first-order chi connectivity index (χ1) is 11.8. The Balaban J connectivity index is 1.69. The molecule has 1 amide bonds. The van der Waals surface area contributed by atoms with Crippen molar-refractivity contribution in [3.63, 3.8) is 0 Å². The molecule has 132 valence electrons. The Morgan fingerprint density at radius 2 is 2.00 bits per heavy atom. The summed E-state index contributed by atoms with van der Waals surface area (Å²) in [5.41, 5.74) is 1.26. The number of nitrogens with one attached hydrogen (secondary N) is 1. The molecule has 2 aromatic rings. The Morgan fingerprint density at radius 3 is 2.64 bits per heavy atom. The fourth-order valence-electron chi connectivity index (χ4n) is 2.70. The van der Waals surface area contributed by atoms with Crippen molar-refractivity contribution in [2.75, 3.05) is 18.4 Å². The van der Waals surface area contributed by atoms with Crippen LogP contribution in [-0.4, -0.2) is 45.8 Å². The normalized spacial score (nSPS) is 17.4. The van der Waals surface area contributed by atoms with E-state index in [0.29, 0.717) is 17.1 Å². The molecule has 25 heavy (non-hydrogen) atoms. The van der Waals surface area contributed by atoms with Crippen LogP contribution in [0, 0.1) is 5.82 Å². The first kappa shape index (κ1) is 17.2. The molecule has 0 radical (unpaired) electrons. The minimum absolute atomic E-state index is 0.0441. The van der Waals surface area contributed by atoms with Gasteiger partial charge in [0.25, 0.3) is 5.92 Å². The van der Waals surface area contributed by atoms with Crippen LogP contribution in [0.4, 0.5) is 19.0 Å². The third-order valence-corrected chi connectivity index (χ3v) is 4.02. The molecule has 0 bridgehead atoms. The second-order valence-electron chi connectivity index (χ2n) is 6.03. The van der Waals surface area contributed by atoms with Gasteiger partial charge in [0.1, 0.15) is 24.0 Å². The monoisotopic (exact) mass is 350 g/mol. The van der Waals surface area contributed by atoms with E-state index in [4.69, 9.17) is 0 Å². The van der Waals surface area contributed by atoms with Crippen molar-refractivity contribution in [3.8, 4) is 11.3 Å². The van der Waals surface area contributed by atoms with Crippen molar-refractivity contribution in [2.24, 2.45) is 0 Å². The number of carbonyl (C=O) groups is 1. The van der Waals surface area contributed by atoms with Gasteiger partial charge in [0.2, 0.25) is 5.91 Å². The van der Waals surface area contributed by atoms with Crippen molar-refractivity contribution in [1.29, 1.82) is 0 Å². The van der Waals surface area contributed by atoms with E-state index < -0.39 is 24.4 Å². The SMILES string of the molecule is C[C@@H](Nc1cc(-c2ccc(F)cc2)ncn1)C(=O)N1CCC(F)(F)C1. The van der Waals surface area contributed by atoms with Crippen LogP contribution in [0.1, 0.15) is 13.3 Å². The van der Waals surface area contributed by atoms with Crippen LogP contribution in [0.2, 0.25) is 0 Å². The lowest BCUT2D eigenvalue weighted by Gasteiger charge is -2.21. The van der Waals surface area contributed by atoms with Gasteiger partial charge in [0.15, 0.2) is 0 Å². The number of alkyl halides is 2. The van der Waals surface area contributed by atoms with Crippen LogP contribution in [-0.2, 0) is 4.79 Å². The van der Waals surface area contributed by atoms with Gasteiger partial charge in [-0.3, -0.25) is 4.79 Å². The highest BCUT2D eigenvalue weighted by molar-refractivity contribution is 5.84. The highest BCUT2D eigenvalue weighted by atomic mass is 19.3. The van der Waals surface area contributed by atoms with E-state index in [1.54, 1.807) is 25.1 Å². The Hall–Kier alpha value is -2.64. The average Bonchev–Trinajstić information content (AvgIpc) is 2.95. The van der Waals surface area contributed by atoms with E-state index in [2.05, 4.69) is 15.3 Å². The van der Waals surface area contributed by atoms with E-state index in [0.717, 1.165) is 4.90 Å². The Kier molecular flexibility index (Phi) is 4.61. The molecule has 0 spiro atoms. The zero-order valence-corrected chi connectivity index (χ0v) is 13.5. The van der Waals surface area contributed by atoms with Gasteiger partial charge in [-0.15, -0.1) is 0 Å². The molecule has 1 aromatic heterocycles. The van der Waals surface area contributed by atoms with Crippen molar-refractivity contribution in [2.45, 2.75) is 25.3 Å². The molecule has 1 fully saturated rings. The number of anilines is 1. The van der Waals surface area contributed by atoms with Gasteiger partial charge >= 0.3 is 0 Å². The highest BCUT2D eigenvalue weighted by Crippen LogP contribution is 2.27. The third kappa shape index (κ3) is 4.07. The topological polar surface area (TPSA) is 58.1 Å². The van der Waals surface area contributed by atoms with E-state index in [-0.39, 0.29) is 18.8 Å². The Bertz CT molecular complexity index is 767. The lowest BCUT2D eigenvalue weighted by Crippen LogP contribution is -2.41. The van der Waals surface area contributed by atoms with Gasteiger partial charge in [-0.05, 0) is 31.2 Å². The minimum atomic E-state index is -2.82. The fourth-order valence-corrected chi connectivity index (χ4v) is 2.70. The molecule has 0 aliphatic carbocycles. The number of nitrogens with zero attached hydrogens (tertiary/aromatic N) is 3. The van der Waals surface area contributed by atoms with Crippen molar-refractivity contribution in [3.05, 3.63) is 42.5 Å². The maximum absolute atomic E-state index is 13.3. The van der Waals surface area contributed by atoms with Crippen LogP contribution < -0.4 is 5.32 Å². The first-order valence-corrected chi connectivity index (χ1v) is 7.85. The molecule has 3 rings (SSSR count). The number of benzene rings is 1. The third-order valence-electron chi connectivity index (χ3n) is 4.02. The van der Waals surface area contributed by atoms with Crippen LogP contribution >= 0.6 is 0 Å². The smallest absolute Gasteiger partial charge is 0.267 e. The van der Waals surface area contributed by atoms with E-state index in [1.807, 2.05) is 0 Å². The summed E-state index contributed by atoms with van der Waals surface area (Å²) in [6, 6.07) is 6.74. The summed E-state index contributed by atoms with van der Waals surface area (Å²) in [7, 11) is 0. The van der Waals surface area contributed by atoms with Crippen LogP contribution in [0.15, 0.2) is 36.7 Å². The summed E-state index contributed by atoms with van der Waals surface area (Å²) in [6.45, 7) is 1.09. The molecule has 8 heteroatoms. The lowest BCUT2D eigenvalue weighted by molar-refractivity contribution is -0.132. The van der Waals surface area contributed by atoms with Crippen molar-refractivity contribution in [1.82, 2.24) is 14.9 Å². The molecular formula is C17H17F3N4O. The molecule has 2 heterocycles. The fraction of sp³-hybridized carbons (Fsp3) is 0.353. The van der Waals surface area contributed by atoms with Gasteiger partial charge in [0, 0.05) is 24.6 Å². The molecule has 1 atom stereocenters. The Labute approximate surface area is 142 Å². The van der Waals surface area contributed by atoms with E-state index >= 15 is 0 Å². The van der Waals surface area contributed by atoms with E-state index in [1.165, 1.54) is 18.5 Å². The summed E-state index contributed by atoms with van der Waals surface area (Å²) < 4.78 is 39.5. The number of hydrogen-bond donors (Lipinski definition) is 1. The van der Waals surface area contributed by atoms with Gasteiger partial charge in [-0.25, -0.2) is 23.1 Å². The quantitative estimate of drug-likeness (QED) is 0.921. The number of aromatic nitrogens is 2. The molecule has 1 N–H and O–H groups in total. The minimum Gasteiger partial charge on any atom is -0.359 e. The average molecular weight is 350 g/mol. The molecule has 0 unspecified atom stereocenters. The maximum Gasteiger partial charge on any atom is 0.267 e. The molecule has 1 saturated heterocycles. The van der Waals surface area contributed by atoms with E-state index in [9.17, 15) is 18.0 Å². The molecule has 1 aliphatic heterocycles. The summed E-state index contributed by atoms with van der Waals surface area (Å²) >= 11 is 0. The van der Waals surface area contributed by atoms with Crippen molar-refractivity contribution >= 4 is 11.7 Å². The van der Waals surface area contributed by atoms with Crippen LogP contribution in [0.5, 0.6) is 0 Å². The molecule has 5 nitrogen and oxygen atoms in total. The molecule has 1 aliphatic rings. The number of rotatable bonds is 4. The first-order valence-electron chi connectivity index (χ1n) is 7.85. The summed E-state index contributed by atoms with van der Waals surface area (Å²) in [5, 5.41) is 2.91. The number of carbonyl (C=O) groups excluding carboxylic acids is 1. The largest absolute Gasteiger partial charge is 0.359 e. The zero-order valence-electron chi connectivity index (χ0n) is 13.5. The highest BCUT2D eigenvalue weighted by Gasteiger charge is 2.41. The summed E-state index contributed by atoms with van der Waals surface area (Å²) in [5.74, 6) is -3.18. The molecular weight excluding hydrogens is 333 g/mol. The van der Waals surface area contributed by atoms with Gasteiger partial charge in [0.05, 0.1) is 12.2 Å². The molecule has 0 saturated carbocycles. The number of halogens is 3.